The molecular formula is C42H43N9O7. The molecule has 1 aliphatic carbocycles. The summed E-state index contributed by atoms with van der Waals surface area (Å²) in [5.74, 6) is -0.875. The summed E-state index contributed by atoms with van der Waals surface area (Å²) in [6.07, 6.45) is 7.78. The van der Waals surface area contributed by atoms with Gasteiger partial charge in [0, 0.05) is 37.6 Å². The highest BCUT2D eigenvalue weighted by Gasteiger charge is 2.44. The topological polar surface area (TPSA) is 194 Å². The maximum absolute atomic E-state index is 13.4. The van der Waals surface area contributed by atoms with Crippen molar-refractivity contribution in [2.75, 3.05) is 30.4 Å². The number of piperidine rings is 1. The zero-order chi connectivity index (χ0) is 40.5. The Bertz CT molecular complexity index is 2510. The zero-order valence-corrected chi connectivity index (χ0v) is 32.0. The number of benzene rings is 2. The average molecular weight is 786 g/mol. The minimum Gasteiger partial charge on any atom is -0.494 e. The van der Waals surface area contributed by atoms with Crippen molar-refractivity contribution < 1.29 is 29.0 Å². The molecule has 0 bridgehead atoms. The third kappa shape index (κ3) is 7.33. The number of aryl methyl sites for hydroxylation is 1. The molecule has 16 nitrogen and oxygen atoms in total. The summed E-state index contributed by atoms with van der Waals surface area (Å²) in [6, 6.07) is 15.5. The van der Waals surface area contributed by atoms with Gasteiger partial charge in [0.05, 0.1) is 36.1 Å². The van der Waals surface area contributed by atoms with Crippen LogP contribution < -0.4 is 25.8 Å². The molecule has 3 aliphatic rings. The van der Waals surface area contributed by atoms with Gasteiger partial charge in [-0.05, 0) is 86.2 Å². The number of unbranched alkanes of at least 4 members (excludes halogenated alkanes) is 3. The number of carbonyl (C=O) groups excluding carboxylic acids is 4. The molecule has 0 radical (unpaired) electrons. The number of pyridine rings is 1. The minimum atomic E-state index is -1.00. The number of hydrogen-bond acceptors (Lipinski definition) is 12. The van der Waals surface area contributed by atoms with Crippen molar-refractivity contribution in [2.45, 2.75) is 70.1 Å². The van der Waals surface area contributed by atoms with Crippen LogP contribution in [0.25, 0.3) is 16.9 Å². The smallest absolute Gasteiger partial charge is 0.278 e. The Hall–Kier alpha value is -6.68. The van der Waals surface area contributed by atoms with E-state index in [4.69, 9.17) is 14.7 Å². The van der Waals surface area contributed by atoms with Gasteiger partial charge in [-0.2, -0.15) is 4.98 Å². The summed E-state index contributed by atoms with van der Waals surface area (Å²) in [5.41, 5.74) is 3.99. The predicted molar refractivity (Wildman–Crippen MR) is 214 cm³/mol. The monoisotopic (exact) mass is 785 g/mol. The maximum Gasteiger partial charge on any atom is 0.278 e. The molecule has 16 heteroatoms. The van der Waals surface area contributed by atoms with Crippen molar-refractivity contribution in [1.82, 2.24) is 34.5 Å². The van der Waals surface area contributed by atoms with E-state index >= 15 is 0 Å². The fourth-order valence-electron chi connectivity index (χ4n) is 7.74. The van der Waals surface area contributed by atoms with Gasteiger partial charge in [0.25, 0.3) is 17.4 Å². The molecule has 2 aliphatic heterocycles. The molecule has 3 aromatic heterocycles. The lowest BCUT2D eigenvalue weighted by Gasteiger charge is -2.27. The summed E-state index contributed by atoms with van der Waals surface area (Å²) in [6.45, 7) is 5.36. The number of aromatic nitrogens is 5. The lowest BCUT2D eigenvalue weighted by molar-refractivity contribution is -0.136. The van der Waals surface area contributed by atoms with E-state index in [1.165, 1.54) is 10.9 Å². The molecule has 4 amide bonds. The number of hydrogen-bond donors (Lipinski definition) is 3. The maximum atomic E-state index is 13.4. The van der Waals surface area contributed by atoms with Crippen molar-refractivity contribution in [2.24, 2.45) is 0 Å². The van der Waals surface area contributed by atoms with Gasteiger partial charge in [-0.25, -0.2) is 19.3 Å². The van der Waals surface area contributed by atoms with E-state index in [9.17, 15) is 29.1 Å². The number of anilines is 3. The predicted octanol–water partition coefficient (Wildman–Crippen LogP) is 4.36. The average Bonchev–Trinajstić information content (AvgIpc) is 3.81. The first-order valence-electron chi connectivity index (χ1n) is 19.5. The Labute approximate surface area is 333 Å². The van der Waals surface area contributed by atoms with Gasteiger partial charge in [-0.3, -0.25) is 34.2 Å². The Morgan fingerprint density at radius 1 is 0.948 bits per heavy atom. The number of imide groups is 2. The molecule has 1 fully saturated rings. The third-order valence-electron chi connectivity index (χ3n) is 10.8. The molecule has 1 saturated heterocycles. The van der Waals surface area contributed by atoms with Crippen molar-refractivity contribution in [3.8, 4) is 11.6 Å². The van der Waals surface area contributed by atoms with Gasteiger partial charge >= 0.3 is 0 Å². The van der Waals surface area contributed by atoms with Crippen molar-refractivity contribution >= 4 is 52.0 Å². The van der Waals surface area contributed by atoms with Gasteiger partial charge in [-0.15, -0.1) is 6.58 Å². The summed E-state index contributed by atoms with van der Waals surface area (Å²) < 4.78 is 9.07. The summed E-state index contributed by atoms with van der Waals surface area (Å²) in [7, 11) is 2.04. The van der Waals surface area contributed by atoms with Crippen LogP contribution in [0, 0.1) is 0 Å². The first-order chi connectivity index (χ1) is 28.1. The molecule has 2 aromatic carbocycles. The van der Waals surface area contributed by atoms with Crippen molar-refractivity contribution in [3.05, 3.63) is 106 Å². The van der Waals surface area contributed by atoms with E-state index in [1.807, 2.05) is 43.4 Å². The molecule has 3 N–H and O–H groups in total. The molecule has 2 atom stereocenters. The fourth-order valence-corrected chi connectivity index (χ4v) is 7.74. The first-order valence-corrected chi connectivity index (χ1v) is 19.5. The molecular weight excluding hydrogens is 743 g/mol. The summed E-state index contributed by atoms with van der Waals surface area (Å²) >= 11 is 0. The van der Waals surface area contributed by atoms with E-state index in [0.717, 1.165) is 60.5 Å². The largest absolute Gasteiger partial charge is 0.494 e. The third-order valence-corrected chi connectivity index (χ3v) is 10.8. The Morgan fingerprint density at radius 2 is 1.74 bits per heavy atom. The SMILES string of the molecule is C=CCn1c(=O)c2cnc(Nc3ccc(N(C)CCCCCCOc4ccc5c(c4)C(=O)N(C4CCC(=O)NC4=O)C5=O)cc3)nc2n1-c1ccc2c(n1)C(O)CC2. The summed E-state index contributed by atoms with van der Waals surface area (Å²) in [5, 5.41) is 16.3. The summed E-state index contributed by atoms with van der Waals surface area (Å²) in [4.78, 5) is 80.2. The van der Waals surface area contributed by atoms with Crippen LogP contribution in [0.2, 0.25) is 0 Å². The quantitative estimate of drug-likeness (QED) is 0.0773. The Balaban J connectivity index is 0.815. The van der Waals surface area contributed by atoms with Crippen LogP contribution in [0.3, 0.4) is 0 Å². The molecule has 0 saturated carbocycles. The van der Waals surface area contributed by atoms with E-state index in [0.29, 0.717) is 47.3 Å². The second-order valence-electron chi connectivity index (χ2n) is 14.7. The number of aliphatic hydroxyl groups excluding tert-OH is 1. The fraction of sp³-hybridized carbons (Fsp3) is 0.333. The van der Waals surface area contributed by atoms with E-state index in [-0.39, 0.29) is 36.1 Å². The molecule has 298 valence electrons. The lowest BCUT2D eigenvalue weighted by atomic mass is 10.0. The molecule has 0 spiro atoms. The molecule has 8 rings (SSSR count). The number of aliphatic hydroxyl groups is 1. The number of fused-ring (bicyclic) bond motifs is 3. The standard InChI is InChI=1S/C42H43N9O7/c1-3-20-49-39(55)31-24-43-42(47-37(31)51(49)34-18-9-25-8-17-33(52)36(25)45-34)44-26-10-12-27(13-11-26)48(2)21-6-4-5-7-22-58-28-14-15-29-30(23-28)41(57)50(40(29)56)32-16-19-35(53)46-38(32)54/h3,9-15,18,23-24,32-33,52H,1,4-8,16-17,19-22H2,2H3,(H,43,44,47)(H,46,53,54). The van der Waals surface area contributed by atoms with E-state index in [2.05, 4.69) is 27.1 Å². The number of nitrogens with one attached hydrogen (secondary N) is 2. The normalized spacial score (nSPS) is 17.4. The van der Waals surface area contributed by atoms with Crippen LogP contribution >= 0.6 is 0 Å². The van der Waals surface area contributed by atoms with Crippen LogP contribution in [-0.4, -0.2) is 84.2 Å². The Morgan fingerprint density at radius 3 is 2.53 bits per heavy atom. The highest BCUT2D eigenvalue weighted by Crippen LogP contribution is 2.32. The molecule has 5 heterocycles. The van der Waals surface area contributed by atoms with Gasteiger partial charge in [0.1, 0.15) is 17.2 Å². The second-order valence-corrected chi connectivity index (χ2v) is 14.7. The zero-order valence-electron chi connectivity index (χ0n) is 32.0. The van der Waals surface area contributed by atoms with E-state index < -0.39 is 35.8 Å². The van der Waals surface area contributed by atoms with Crippen LogP contribution in [0.5, 0.6) is 5.75 Å². The van der Waals surface area contributed by atoms with Crippen LogP contribution in [0.1, 0.15) is 83.0 Å². The van der Waals surface area contributed by atoms with Gasteiger partial charge in [0.2, 0.25) is 17.8 Å². The number of ether oxygens (including phenoxy) is 1. The first kappa shape index (κ1) is 38.2. The minimum absolute atomic E-state index is 0.0685. The van der Waals surface area contributed by atoms with Crippen molar-refractivity contribution in [3.63, 3.8) is 0 Å². The Kier molecular flexibility index (Phi) is 10.6. The van der Waals surface area contributed by atoms with Crippen LogP contribution in [0.4, 0.5) is 17.3 Å². The molecule has 5 aromatic rings. The van der Waals surface area contributed by atoms with E-state index in [1.54, 1.807) is 29.0 Å². The van der Waals surface area contributed by atoms with Crippen molar-refractivity contribution in [1.29, 1.82) is 0 Å². The highest BCUT2D eigenvalue weighted by molar-refractivity contribution is 6.23. The number of rotatable bonds is 15. The molecule has 2 unspecified atom stereocenters. The van der Waals surface area contributed by atoms with Gasteiger partial charge < -0.3 is 20.1 Å². The molecule has 58 heavy (non-hydrogen) atoms. The number of amides is 4. The number of nitrogens with zero attached hydrogens (tertiary/aromatic N) is 7. The number of allylic oxidation sites excluding steroid dienone is 1. The van der Waals surface area contributed by atoms with Gasteiger partial charge in [-0.1, -0.05) is 25.0 Å². The number of carbonyl (C=O) groups is 4. The van der Waals surface area contributed by atoms with Gasteiger partial charge in [0.15, 0.2) is 11.5 Å². The van der Waals surface area contributed by atoms with Crippen LogP contribution in [0.15, 0.2) is 78.2 Å². The lowest BCUT2D eigenvalue weighted by Crippen LogP contribution is -2.54. The second kappa shape index (κ2) is 16.1. The van der Waals surface area contributed by atoms with Crippen LogP contribution in [-0.2, 0) is 22.6 Å². The highest BCUT2D eigenvalue weighted by atomic mass is 16.5.